The number of nitrogens with one attached hydrogen (secondary N) is 1. The molecule has 0 spiro atoms. The Morgan fingerprint density at radius 3 is 2.56 bits per heavy atom. The first kappa shape index (κ1) is 18.4. The van der Waals surface area contributed by atoms with E-state index in [0.717, 1.165) is 5.56 Å². The fraction of sp³-hybridized carbons (Fsp3) is 0.263. The highest BCUT2D eigenvalue weighted by Gasteiger charge is 2.29. The predicted molar refractivity (Wildman–Crippen MR) is 90.8 cm³/mol. The lowest BCUT2D eigenvalue weighted by molar-refractivity contribution is -0.139. The lowest BCUT2D eigenvalue weighted by Crippen LogP contribution is -2.39. The SMILES string of the molecule is CC(C)(C(=O)NCc1cccc(OCC(=O)O)c1)c1cccc(F)c1. The Kier molecular flexibility index (Phi) is 5.75. The average Bonchev–Trinajstić information content (AvgIpc) is 2.58. The summed E-state index contributed by atoms with van der Waals surface area (Å²) in [5, 5.41) is 11.4. The van der Waals surface area contributed by atoms with Gasteiger partial charge in [0.2, 0.25) is 5.91 Å². The molecule has 0 bridgehead atoms. The van der Waals surface area contributed by atoms with E-state index in [1.54, 1.807) is 50.2 Å². The van der Waals surface area contributed by atoms with Gasteiger partial charge in [-0.15, -0.1) is 0 Å². The third kappa shape index (κ3) is 5.04. The van der Waals surface area contributed by atoms with Crippen molar-refractivity contribution < 1.29 is 23.8 Å². The number of carbonyl (C=O) groups is 2. The van der Waals surface area contributed by atoms with Gasteiger partial charge < -0.3 is 15.2 Å². The minimum absolute atomic E-state index is 0.241. The molecule has 2 N–H and O–H groups in total. The second-order valence-electron chi connectivity index (χ2n) is 6.15. The summed E-state index contributed by atoms with van der Waals surface area (Å²) in [4.78, 5) is 23.0. The predicted octanol–water partition coefficient (Wildman–Crippen LogP) is 2.88. The topological polar surface area (TPSA) is 75.6 Å². The van der Waals surface area contributed by atoms with Crippen LogP contribution in [0.2, 0.25) is 0 Å². The van der Waals surface area contributed by atoms with Crippen molar-refractivity contribution in [3.05, 3.63) is 65.5 Å². The number of carbonyl (C=O) groups excluding carboxylic acids is 1. The molecule has 6 heteroatoms. The van der Waals surface area contributed by atoms with Gasteiger partial charge in [-0.2, -0.15) is 0 Å². The monoisotopic (exact) mass is 345 g/mol. The fourth-order valence-electron chi connectivity index (χ4n) is 2.30. The maximum absolute atomic E-state index is 13.4. The van der Waals surface area contributed by atoms with Crippen molar-refractivity contribution >= 4 is 11.9 Å². The first-order valence-corrected chi connectivity index (χ1v) is 7.77. The summed E-state index contributed by atoms with van der Waals surface area (Å²) >= 11 is 0. The van der Waals surface area contributed by atoms with Crippen molar-refractivity contribution in [2.24, 2.45) is 0 Å². The summed E-state index contributed by atoms with van der Waals surface area (Å²) in [5.74, 6) is -1.27. The number of aliphatic carboxylic acids is 1. The smallest absolute Gasteiger partial charge is 0.341 e. The molecule has 2 aromatic carbocycles. The van der Waals surface area contributed by atoms with Crippen molar-refractivity contribution in [3.63, 3.8) is 0 Å². The Labute approximate surface area is 145 Å². The molecule has 0 unspecified atom stereocenters. The molecule has 1 amide bonds. The number of benzene rings is 2. The first-order valence-electron chi connectivity index (χ1n) is 7.77. The van der Waals surface area contributed by atoms with Gasteiger partial charge in [-0.25, -0.2) is 9.18 Å². The number of rotatable bonds is 7. The highest BCUT2D eigenvalue weighted by molar-refractivity contribution is 5.87. The molecule has 0 aliphatic heterocycles. The molecular formula is C19H20FNO4. The first-order chi connectivity index (χ1) is 11.8. The molecule has 25 heavy (non-hydrogen) atoms. The van der Waals surface area contributed by atoms with E-state index in [9.17, 15) is 14.0 Å². The molecule has 0 aliphatic rings. The van der Waals surface area contributed by atoms with E-state index in [4.69, 9.17) is 9.84 Å². The summed E-state index contributed by atoms with van der Waals surface area (Å²) < 4.78 is 18.5. The number of halogens is 1. The number of hydrogen-bond acceptors (Lipinski definition) is 3. The van der Waals surface area contributed by atoms with Gasteiger partial charge in [0.25, 0.3) is 0 Å². The van der Waals surface area contributed by atoms with Gasteiger partial charge in [0.1, 0.15) is 11.6 Å². The lowest BCUT2D eigenvalue weighted by atomic mass is 9.83. The Morgan fingerprint density at radius 1 is 1.16 bits per heavy atom. The zero-order valence-corrected chi connectivity index (χ0v) is 14.1. The molecule has 0 saturated carbocycles. The van der Waals surface area contributed by atoms with Crippen LogP contribution in [0.15, 0.2) is 48.5 Å². The number of hydrogen-bond donors (Lipinski definition) is 2. The van der Waals surface area contributed by atoms with Crippen LogP contribution in [-0.2, 0) is 21.5 Å². The van der Waals surface area contributed by atoms with Gasteiger partial charge in [0.05, 0.1) is 5.41 Å². The van der Waals surface area contributed by atoms with Crippen molar-refractivity contribution in [2.45, 2.75) is 25.8 Å². The van der Waals surface area contributed by atoms with Crippen molar-refractivity contribution in [1.29, 1.82) is 0 Å². The van der Waals surface area contributed by atoms with E-state index in [2.05, 4.69) is 5.32 Å². The van der Waals surface area contributed by atoms with Crippen LogP contribution in [0.1, 0.15) is 25.0 Å². The van der Waals surface area contributed by atoms with E-state index in [1.807, 2.05) is 0 Å². The van der Waals surface area contributed by atoms with Gasteiger partial charge in [-0.05, 0) is 49.2 Å². The van der Waals surface area contributed by atoms with Gasteiger partial charge >= 0.3 is 5.97 Å². The second kappa shape index (κ2) is 7.79. The fourth-order valence-corrected chi connectivity index (χ4v) is 2.30. The third-order valence-electron chi connectivity index (χ3n) is 3.83. The average molecular weight is 345 g/mol. The van der Waals surface area contributed by atoms with Crippen molar-refractivity contribution in [3.8, 4) is 5.75 Å². The maximum Gasteiger partial charge on any atom is 0.341 e. The number of carboxylic acid groups (broad SMARTS) is 1. The van der Waals surface area contributed by atoms with E-state index in [-0.39, 0.29) is 18.3 Å². The minimum atomic E-state index is -1.06. The normalized spacial score (nSPS) is 11.0. The van der Waals surface area contributed by atoms with Gasteiger partial charge in [-0.3, -0.25) is 4.79 Å². The zero-order valence-electron chi connectivity index (χ0n) is 14.1. The molecule has 0 fully saturated rings. The molecule has 132 valence electrons. The molecule has 0 saturated heterocycles. The quantitative estimate of drug-likeness (QED) is 0.809. The lowest BCUT2D eigenvalue weighted by Gasteiger charge is -2.24. The Balaban J connectivity index is 2.01. The summed E-state index contributed by atoms with van der Waals surface area (Å²) in [6.07, 6.45) is 0. The van der Waals surface area contributed by atoms with E-state index in [0.29, 0.717) is 11.3 Å². The van der Waals surface area contributed by atoms with Gasteiger partial charge in [-0.1, -0.05) is 24.3 Å². The van der Waals surface area contributed by atoms with Gasteiger partial charge in [0, 0.05) is 6.54 Å². The number of amides is 1. The highest BCUT2D eigenvalue weighted by Crippen LogP contribution is 2.24. The van der Waals surface area contributed by atoms with E-state index >= 15 is 0 Å². The Morgan fingerprint density at radius 2 is 1.88 bits per heavy atom. The van der Waals surface area contributed by atoms with Crippen LogP contribution >= 0.6 is 0 Å². The molecule has 0 atom stereocenters. The molecule has 0 radical (unpaired) electrons. The zero-order chi connectivity index (χ0) is 18.4. The van der Waals surface area contributed by atoms with Crippen LogP contribution in [-0.4, -0.2) is 23.6 Å². The summed E-state index contributed by atoms with van der Waals surface area (Å²) in [5.41, 5.74) is 0.467. The van der Waals surface area contributed by atoms with Crippen LogP contribution in [0.3, 0.4) is 0 Å². The molecule has 2 rings (SSSR count). The molecule has 0 heterocycles. The van der Waals surface area contributed by atoms with Crippen molar-refractivity contribution in [2.75, 3.05) is 6.61 Å². The van der Waals surface area contributed by atoms with E-state index < -0.39 is 18.0 Å². The standard InChI is InChI=1S/C19H20FNO4/c1-19(2,14-6-4-7-15(20)10-14)18(24)21-11-13-5-3-8-16(9-13)25-12-17(22)23/h3-10H,11-12H2,1-2H3,(H,21,24)(H,22,23). The van der Waals surface area contributed by atoms with E-state index in [1.165, 1.54) is 12.1 Å². The van der Waals surface area contributed by atoms with Crippen molar-refractivity contribution in [1.82, 2.24) is 5.32 Å². The molecule has 0 aliphatic carbocycles. The van der Waals surface area contributed by atoms with Crippen LogP contribution in [0.5, 0.6) is 5.75 Å². The maximum atomic E-state index is 13.4. The molecule has 0 aromatic heterocycles. The largest absolute Gasteiger partial charge is 0.482 e. The second-order valence-corrected chi connectivity index (χ2v) is 6.15. The Bertz CT molecular complexity index is 774. The van der Waals surface area contributed by atoms with Crippen LogP contribution in [0.25, 0.3) is 0 Å². The van der Waals surface area contributed by atoms with Gasteiger partial charge in [0.15, 0.2) is 6.61 Å². The number of ether oxygens (including phenoxy) is 1. The van der Waals surface area contributed by atoms with Crippen LogP contribution in [0, 0.1) is 5.82 Å². The summed E-state index contributed by atoms with van der Waals surface area (Å²) in [7, 11) is 0. The summed E-state index contributed by atoms with van der Waals surface area (Å²) in [6, 6.07) is 12.8. The van der Waals surface area contributed by atoms with Crippen LogP contribution < -0.4 is 10.1 Å². The number of carboxylic acids is 1. The van der Waals surface area contributed by atoms with Crippen LogP contribution in [0.4, 0.5) is 4.39 Å². The minimum Gasteiger partial charge on any atom is -0.482 e. The molecule has 2 aromatic rings. The molecule has 5 nitrogen and oxygen atoms in total. The Hall–Kier alpha value is -2.89. The summed E-state index contributed by atoms with van der Waals surface area (Å²) in [6.45, 7) is 3.28. The highest BCUT2D eigenvalue weighted by atomic mass is 19.1. The molecular weight excluding hydrogens is 325 g/mol. The third-order valence-corrected chi connectivity index (χ3v) is 3.83.